The van der Waals surface area contributed by atoms with E-state index in [1.807, 2.05) is 6.92 Å². The van der Waals surface area contributed by atoms with Crippen molar-refractivity contribution in [1.29, 1.82) is 0 Å². The Balaban J connectivity index is 2.22. The maximum atomic E-state index is 12.8. The van der Waals surface area contributed by atoms with Crippen molar-refractivity contribution in [2.75, 3.05) is 25.6 Å². The average molecular weight is 349 g/mol. The highest BCUT2D eigenvalue weighted by Gasteiger charge is 2.39. The van der Waals surface area contributed by atoms with Gasteiger partial charge in [-0.15, -0.1) is 0 Å². The maximum Gasteiger partial charge on any atom is 0.341 e. The van der Waals surface area contributed by atoms with Crippen LogP contribution in [0.25, 0.3) is 0 Å². The third-order valence-corrected chi connectivity index (χ3v) is 4.50. The Hall–Kier alpha value is -2.08. The largest absolute Gasteiger partial charge is 0.493 e. The summed E-state index contributed by atoms with van der Waals surface area (Å²) in [6, 6.07) is 4.98. The number of rotatable bonds is 7. The summed E-state index contributed by atoms with van der Waals surface area (Å²) in [5, 5.41) is 2.88. The molecule has 1 aromatic rings. The molecule has 0 atom stereocenters. The van der Waals surface area contributed by atoms with Crippen LogP contribution in [0, 0.1) is 0 Å². The van der Waals surface area contributed by atoms with Gasteiger partial charge in [-0.3, -0.25) is 4.79 Å². The van der Waals surface area contributed by atoms with Gasteiger partial charge in [-0.2, -0.15) is 0 Å². The summed E-state index contributed by atoms with van der Waals surface area (Å²) in [7, 11) is 1.58. The number of amides is 1. The van der Waals surface area contributed by atoms with Crippen molar-refractivity contribution >= 4 is 17.6 Å². The zero-order valence-corrected chi connectivity index (χ0v) is 15.2. The van der Waals surface area contributed by atoms with Gasteiger partial charge in [0.05, 0.1) is 13.2 Å². The molecule has 1 N–H and O–H groups in total. The Morgan fingerprint density at radius 3 is 2.44 bits per heavy atom. The molecule has 0 radical (unpaired) electrons. The lowest BCUT2D eigenvalue weighted by atomic mass is 9.84. The first-order chi connectivity index (χ1) is 12.1. The first-order valence-electron chi connectivity index (χ1n) is 8.87. The number of esters is 1. The smallest absolute Gasteiger partial charge is 0.341 e. The van der Waals surface area contributed by atoms with Crippen molar-refractivity contribution in [3.8, 4) is 5.75 Å². The fourth-order valence-electron chi connectivity index (χ4n) is 3.15. The SMILES string of the molecule is CCOC(=O)c1cc(NC(=O)C2(OC)CCCCC2)ccc1OCC. The quantitative estimate of drug-likeness (QED) is 0.762. The Kier molecular flexibility index (Phi) is 6.82. The highest BCUT2D eigenvalue weighted by molar-refractivity contribution is 5.99. The summed E-state index contributed by atoms with van der Waals surface area (Å²) in [4.78, 5) is 24.9. The summed E-state index contributed by atoms with van der Waals surface area (Å²) < 4.78 is 16.1. The van der Waals surface area contributed by atoms with Crippen LogP contribution in [0.5, 0.6) is 5.75 Å². The standard InChI is InChI=1S/C19H27NO5/c1-4-24-16-10-9-14(13-15(16)17(21)25-5-2)20-18(22)19(23-3)11-7-6-8-12-19/h9-10,13H,4-8,11-12H2,1-3H3,(H,20,22). The molecule has 0 saturated heterocycles. The number of methoxy groups -OCH3 is 1. The molecule has 6 heteroatoms. The van der Waals surface area contributed by atoms with E-state index in [4.69, 9.17) is 14.2 Å². The second kappa shape index (κ2) is 8.85. The number of ether oxygens (including phenoxy) is 3. The number of benzene rings is 1. The van der Waals surface area contributed by atoms with Crippen LogP contribution in [0.15, 0.2) is 18.2 Å². The van der Waals surface area contributed by atoms with E-state index in [0.29, 0.717) is 36.4 Å². The average Bonchev–Trinajstić information content (AvgIpc) is 2.63. The first kappa shape index (κ1) is 19.2. The number of carbonyl (C=O) groups is 2. The van der Waals surface area contributed by atoms with Crippen LogP contribution in [0.3, 0.4) is 0 Å². The number of carbonyl (C=O) groups excluding carboxylic acids is 2. The molecule has 6 nitrogen and oxygen atoms in total. The van der Waals surface area contributed by atoms with E-state index < -0.39 is 11.6 Å². The van der Waals surface area contributed by atoms with E-state index in [-0.39, 0.29) is 12.5 Å². The minimum absolute atomic E-state index is 0.173. The van der Waals surface area contributed by atoms with Crippen LogP contribution in [-0.4, -0.2) is 37.8 Å². The lowest BCUT2D eigenvalue weighted by molar-refractivity contribution is -0.141. The number of hydrogen-bond donors (Lipinski definition) is 1. The lowest BCUT2D eigenvalue weighted by Crippen LogP contribution is -2.46. The molecule has 0 aromatic heterocycles. The molecular formula is C19H27NO5. The Morgan fingerprint density at radius 2 is 1.84 bits per heavy atom. The van der Waals surface area contributed by atoms with E-state index in [2.05, 4.69) is 5.32 Å². The van der Waals surface area contributed by atoms with Crippen LogP contribution in [0.2, 0.25) is 0 Å². The summed E-state index contributed by atoms with van der Waals surface area (Å²) >= 11 is 0. The van der Waals surface area contributed by atoms with Crippen LogP contribution >= 0.6 is 0 Å². The Labute approximate surface area is 148 Å². The molecule has 2 rings (SSSR count). The molecule has 1 aliphatic carbocycles. The van der Waals surface area contributed by atoms with Gasteiger partial charge in [0.2, 0.25) is 0 Å². The summed E-state index contributed by atoms with van der Waals surface area (Å²) in [5.74, 6) is -0.201. The van der Waals surface area contributed by atoms with Gasteiger partial charge in [-0.25, -0.2) is 4.79 Å². The predicted molar refractivity (Wildman–Crippen MR) is 95.0 cm³/mol. The van der Waals surface area contributed by atoms with E-state index in [1.165, 1.54) is 0 Å². The topological polar surface area (TPSA) is 73.9 Å². The molecule has 138 valence electrons. The van der Waals surface area contributed by atoms with Gasteiger partial charge in [-0.05, 0) is 44.9 Å². The van der Waals surface area contributed by atoms with Crippen LogP contribution in [-0.2, 0) is 14.3 Å². The Morgan fingerprint density at radius 1 is 1.12 bits per heavy atom. The monoisotopic (exact) mass is 349 g/mol. The first-order valence-corrected chi connectivity index (χ1v) is 8.87. The number of hydrogen-bond acceptors (Lipinski definition) is 5. The third kappa shape index (κ3) is 4.51. The second-order valence-electron chi connectivity index (χ2n) is 6.08. The fourth-order valence-corrected chi connectivity index (χ4v) is 3.15. The molecule has 25 heavy (non-hydrogen) atoms. The van der Waals surface area contributed by atoms with Crippen molar-refractivity contribution in [1.82, 2.24) is 0 Å². The molecular weight excluding hydrogens is 322 g/mol. The maximum absolute atomic E-state index is 12.8. The van der Waals surface area contributed by atoms with Crippen molar-refractivity contribution in [2.45, 2.75) is 51.6 Å². The van der Waals surface area contributed by atoms with Gasteiger partial charge in [0, 0.05) is 12.8 Å². The van der Waals surface area contributed by atoms with Crippen LogP contribution in [0.4, 0.5) is 5.69 Å². The molecule has 1 aliphatic rings. The minimum Gasteiger partial charge on any atom is -0.493 e. The van der Waals surface area contributed by atoms with Gasteiger partial charge >= 0.3 is 5.97 Å². The summed E-state index contributed by atoms with van der Waals surface area (Å²) in [6.45, 7) is 4.30. The van der Waals surface area contributed by atoms with Crippen molar-refractivity contribution in [2.24, 2.45) is 0 Å². The Bertz CT molecular complexity index is 608. The molecule has 0 aliphatic heterocycles. The molecule has 0 heterocycles. The summed E-state index contributed by atoms with van der Waals surface area (Å²) in [6.07, 6.45) is 4.47. The third-order valence-electron chi connectivity index (χ3n) is 4.50. The number of anilines is 1. The van der Waals surface area contributed by atoms with E-state index >= 15 is 0 Å². The normalized spacial score (nSPS) is 16.1. The highest BCUT2D eigenvalue weighted by Crippen LogP contribution is 2.33. The zero-order valence-electron chi connectivity index (χ0n) is 15.2. The zero-order chi connectivity index (χ0) is 18.3. The van der Waals surface area contributed by atoms with E-state index in [1.54, 1.807) is 32.2 Å². The van der Waals surface area contributed by atoms with E-state index in [0.717, 1.165) is 19.3 Å². The van der Waals surface area contributed by atoms with Gasteiger partial charge in [0.15, 0.2) is 0 Å². The molecule has 1 saturated carbocycles. The van der Waals surface area contributed by atoms with Gasteiger partial charge in [-0.1, -0.05) is 19.3 Å². The van der Waals surface area contributed by atoms with Gasteiger partial charge in [0.1, 0.15) is 16.9 Å². The molecule has 0 spiro atoms. The summed E-state index contributed by atoms with van der Waals surface area (Å²) in [5.41, 5.74) is 0.0381. The molecule has 0 bridgehead atoms. The lowest BCUT2D eigenvalue weighted by Gasteiger charge is -2.34. The fraction of sp³-hybridized carbons (Fsp3) is 0.579. The molecule has 1 amide bonds. The highest BCUT2D eigenvalue weighted by atomic mass is 16.5. The van der Waals surface area contributed by atoms with Crippen LogP contribution < -0.4 is 10.1 Å². The van der Waals surface area contributed by atoms with Crippen molar-refractivity contribution < 1.29 is 23.8 Å². The van der Waals surface area contributed by atoms with Gasteiger partial charge < -0.3 is 19.5 Å². The van der Waals surface area contributed by atoms with Crippen molar-refractivity contribution in [3.63, 3.8) is 0 Å². The van der Waals surface area contributed by atoms with E-state index in [9.17, 15) is 9.59 Å². The van der Waals surface area contributed by atoms with Crippen LogP contribution in [0.1, 0.15) is 56.3 Å². The molecule has 1 fully saturated rings. The molecule has 0 unspecified atom stereocenters. The number of nitrogens with one attached hydrogen (secondary N) is 1. The van der Waals surface area contributed by atoms with Crippen molar-refractivity contribution in [3.05, 3.63) is 23.8 Å². The predicted octanol–water partition coefficient (Wildman–Crippen LogP) is 3.55. The second-order valence-corrected chi connectivity index (χ2v) is 6.08. The molecule has 1 aromatic carbocycles. The minimum atomic E-state index is -0.791. The van der Waals surface area contributed by atoms with Gasteiger partial charge in [0.25, 0.3) is 5.91 Å².